The van der Waals surface area contributed by atoms with Crippen LogP contribution in [0.1, 0.15) is 31.2 Å². The minimum atomic E-state index is 0.594. The van der Waals surface area contributed by atoms with Gasteiger partial charge in [0.05, 0.1) is 12.7 Å². The highest BCUT2D eigenvalue weighted by Crippen LogP contribution is 2.52. The molecule has 108 valence electrons. The molecule has 0 unspecified atom stereocenters. The van der Waals surface area contributed by atoms with Crippen molar-refractivity contribution in [3.8, 4) is 0 Å². The molecule has 2 heteroatoms. The predicted molar refractivity (Wildman–Crippen MR) is 80.4 cm³/mol. The minimum Gasteiger partial charge on any atom is -0.378 e. The summed E-state index contributed by atoms with van der Waals surface area (Å²) in [5.74, 6) is 2.74. The molecule has 1 aromatic carbocycles. The maximum absolute atomic E-state index is 6.10. The summed E-state index contributed by atoms with van der Waals surface area (Å²) in [6.45, 7) is 4.75. The van der Waals surface area contributed by atoms with Gasteiger partial charge in [-0.2, -0.15) is 0 Å². The summed E-state index contributed by atoms with van der Waals surface area (Å²) in [6, 6.07) is 10.9. The first kappa shape index (κ1) is 12.8. The molecule has 0 aromatic heterocycles. The topological polar surface area (TPSA) is 12.5 Å². The van der Waals surface area contributed by atoms with Crippen LogP contribution in [0.3, 0.4) is 0 Å². The molecule has 2 nitrogen and oxygen atoms in total. The molecule has 3 aliphatic rings. The van der Waals surface area contributed by atoms with Gasteiger partial charge in [0.25, 0.3) is 0 Å². The van der Waals surface area contributed by atoms with E-state index in [-0.39, 0.29) is 0 Å². The number of nitrogens with zero attached hydrogens (tertiary/aromatic N) is 1. The lowest BCUT2D eigenvalue weighted by Gasteiger charge is -2.20. The van der Waals surface area contributed by atoms with Crippen LogP contribution in [0.4, 0.5) is 0 Å². The van der Waals surface area contributed by atoms with Crippen LogP contribution in [0, 0.1) is 17.8 Å². The van der Waals surface area contributed by atoms with E-state index in [1.807, 2.05) is 0 Å². The number of ether oxygens (including phenoxy) is 1. The molecular weight excluding hydrogens is 246 g/mol. The monoisotopic (exact) mass is 271 g/mol. The van der Waals surface area contributed by atoms with E-state index < -0.39 is 0 Å². The van der Waals surface area contributed by atoms with Crippen LogP contribution in [0.2, 0.25) is 0 Å². The second-order valence-corrected chi connectivity index (χ2v) is 6.91. The molecular formula is C18H25NO. The van der Waals surface area contributed by atoms with Crippen molar-refractivity contribution in [1.29, 1.82) is 0 Å². The first-order valence-corrected chi connectivity index (χ1v) is 8.28. The second kappa shape index (κ2) is 5.50. The Hall–Kier alpha value is -0.860. The molecule has 3 fully saturated rings. The van der Waals surface area contributed by atoms with Gasteiger partial charge < -0.3 is 4.74 Å². The van der Waals surface area contributed by atoms with Crippen LogP contribution in [0.5, 0.6) is 0 Å². The van der Waals surface area contributed by atoms with E-state index in [4.69, 9.17) is 4.74 Å². The lowest BCUT2D eigenvalue weighted by atomic mass is 10.2. The predicted octanol–water partition coefficient (Wildman–Crippen LogP) is 3.32. The van der Waals surface area contributed by atoms with Crippen molar-refractivity contribution in [1.82, 2.24) is 4.90 Å². The van der Waals surface area contributed by atoms with Crippen LogP contribution in [0.15, 0.2) is 30.3 Å². The number of rotatable bonds is 5. The van der Waals surface area contributed by atoms with Gasteiger partial charge in [-0.25, -0.2) is 0 Å². The zero-order valence-electron chi connectivity index (χ0n) is 12.2. The molecule has 1 heterocycles. The average Bonchev–Trinajstić information content (AvgIpc) is 2.91. The Morgan fingerprint density at radius 2 is 1.70 bits per heavy atom. The fourth-order valence-corrected chi connectivity index (χ4v) is 4.26. The molecule has 0 spiro atoms. The van der Waals surface area contributed by atoms with Gasteiger partial charge in [-0.1, -0.05) is 43.2 Å². The van der Waals surface area contributed by atoms with Crippen LogP contribution in [-0.2, 0) is 11.3 Å². The summed E-state index contributed by atoms with van der Waals surface area (Å²) in [5, 5.41) is 0. The summed E-state index contributed by atoms with van der Waals surface area (Å²) in [4.78, 5) is 2.62. The summed E-state index contributed by atoms with van der Waals surface area (Å²) in [6.07, 6.45) is 5.97. The summed E-state index contributed by atoms with van der Waals surface area (Å²) in [5.41, 5.74) is 1.45. The smallest absolute Gasteiger partial charge is 0.0575 e. The Morgan fingerprint density at radius 3 is 2.40 bits per heavy atom. The first-order chi connectivity index (χ1) is 9.90. The van der Waals surface area contributed by atoms with Gasteiger partial charge in [0, 0.05) is 19.6 Å². The SMILES string of the molecule is c1ccc(CN2C[C@@H]3[C@@H](COC4CCCC4)[C@@H]3C2)cc1. The quantitative estimate of drug-likeness (QED) is 0.814. The number of piperidine rings is 1. The van der Waals surface area contributed by atoms with Crippen LogP contribution in [0.25, 0.3) is 0 Å². The average molecular weight is 271 g/mol. The summed E-state index contributed by atoms with van der Waals surface area (Å²) >= 11 is 0. The van der Waals surface area contributed by atoms with Gasteiger partial charge >= 0.3 is 0 Å². The van der Waals surface area contributed by atoms with Gasteiger partial charge in [-0.3, -0.25) is 4.90 Å². The molecule has 4 rings (SSSR count). The Kier molecular flexibility index (Phi) is 3.53. The van der Waals surface area contributed by atoms with E-state index in [9.17, 15) is 0 Å². The van der Waals surface area contributed by atoms with E-state index in [1.165, 1.54) is 44.3 Å². The van der Waals surface area contributed by atoms with Crippen molar-refractivity contribution >= 4 is 0 Å². The zero-order valence-corrected chi connectivity index (χ0v) is 12.2. The number of hydrogen-bond donors (Lipinski definition) is 0. The maximum atomic E-state index is 6.10. The Bertz CT molecular complexity index is 428. The van der Waals surface area contributed by atoms with E-state index >= 15 is 0 Å². The highest BCUT2D eigenvalue weighted by Gasteiger charge is 2.55. The van der Waals surface area contributed by atoms with Gasteiger partial charge in [-0.05, 0) is 36.2 Å². The van der Waals surface area contributed by atoms with E-state index in [1.54, 1.807) is 0 Å². The fourth-order valence-electron chi connectivity index (χ4n) is 4.26. The van der Waals surface area contributed by atoms with Gasteiger partial charge in [0.1, 0.15) is 0 Å². The van der Waals surface area contributed by atoms with Crippen molar-refractivity contribution in [3.05, 3.63) is 35.9 Å². The Balaban J connectivity index is 1.21. The fraction of sp³-hybridized carbons (Fsp3) is 0.667. The Morgan fingerprint density at radius 1 is 1.00 bits per heavy atom. The van der Waals surface area contributed by atoms with E-state index in [0.29, 0.717) is 6.10 Å². The van der Waals surface area contributed by atoms with Crippen LogP contribution >= 0.6 is 0 Å². The van der Waals surface area contributed by atoms with Crippen LogP contribution in [-0.4, -0.2) is 30.7 Å². The van der Waals surface area contributed by atoms with Crippen molar-refractivity contribution in [2.75, 3.05) is 19.7 Å². The molecule has 3 atom stereocenters. The molecule has 1 aliphatic heterocycles. The molecule has 2 aliphatic carbocycles. The molecule has 1 saturated heterocycles. The normalized spacial score (nSPS) is 33.5. The van der Waals surface area contributed by atoms with Gasteiger partial charge in [-0.15, -0.1) is 0 Å². The standard InChI is InChI=1S/C18H25NO/c1-2-6-14(7-3-1)10-19-11-16-17(12-19)18(16)13-20-15-8-4-5-9-15/h1-3,6-7,15-18H,4-5,8-13H2/t16-,17+,18+. The maximum Gasteiger partial charge on any atom is 0.0575 e. The number of fused-ring (bicyclic) bond motifs is 1. The first-order valence-electron chi connectivity index (χ1n) is 8.28. The number of likely N-dealkylation sites (tertiary alicyclic amines) is 1. The molecule has 0 amide bonds. The lowest BCUT2D eigenvalue weighted by molar-refractivity contribution is 0.0423. The molecule has 20 heavy (non-hydrogen) atoms. The largest absolute Gasteiger partial charge is 0.378 e. The summed E-state index contributed by atoms with van der Waals surface area (Å²) < 4.78 is 6.10. The van der Waals surface area contributed by atoms with Gasteiger partial charge in [0.2, 0.25) is 0 Å². The van der Waals surface area contributed by atoms with E-state index in [0.717, 1.165) is 30.9 Å². The van der Waals surface area contributed by atoms with Crippen molar-refractivity contribution in [2.45, 2.75) is 38.3 Å². The third-order valence-electron chi connectivity index (χ3n) is 5.52. The molecule has 0 radical (unpaired) electrons. The third kappa shape index (κ3) is 2.64. The number of hydrogen-bond acceptors (Lipinski definition) is 2. The van der Waals surface area contributed by atoms with Crippen molar-refractivity contribution in [3.63, 3.8) is 0 Å². The molecule has 2 saturated carbocycles. The Labute approximate surface area is 122 Å². The minimum absolute atomic E-state index is 0.594. The van der Waals surface area contributed by atoms with Crippen molar-refractivity contribution < 1.29 is 4.74 Å². The van der Waals surface area contributed by atoms with E-state index in [2.05, 4.69) is 35.2 Å². The van der Waals surface area contributed by atoms with Crippen LogP contribution < -0.4 is 0 Å². The molecule has 0 N–H and O–H groups in total. The number of benzene rings is 1. The second-order valence-electron chi connectivity index (χ2n) is 6.91. The van der Waals surface area contributed by atoms with Crippen molar-refractivity contribution in [2.24, 2.45) is 17.8 Å². The van der Waals surface area contributed by atoms with Gasteiger partial charge in [0.15, 0.2) is 0 Å². The third-order valence-corrected chi connectivity index (χ3v) is 5.52. The molecule has 1 aromatic rings. The highest BCUT2D eigenvalue weighted by molar-refractivity contribution is 5.16. The lowest BCUT2D eigenvalue weighted by Crippen LogP contribution is -2.25. The molecule has 0 bridgehead atoms. The highest BCUT2D eigenvalue weighted by atomic mass is 16.5. The zero-order chi connectivity index (χ0) is 13.4. The summed E-state index contributed by atoms with van der Waals surface area (Å²) in [7, 11) is 0.